The van der Waals surface area contributed by atoms with Crippen molar-refractivity contribution in [3.63, 3.8) is 0 Å². The maximum atomic E-state index is 12.1. The monoisotopic (exact) mass is 356 g/mol. The van der Waals surface area contributed by atoms with E-state index in [1.165, 1.54) is 24.6 Å². The Bertz CT molecular complexity index is 515. The Morgan fingerprint density at radius 1 is 1.36 bits per heavy atom. The van der Waals surface area contributed by atoms with E-state index in [9.17, 15) is 4.79 Å². The van der Waals surface area contributed by atoms with Gasteiger partial charge in [-0.1, -0.05) is 54.6 Å². The van der Waals surface area contributed by atoms with E-state index >= 15 is 0 Å². The molecule has 1 aliphatic heterocycles. The summed E-state index contributed by atoms with van der Waals surface area (Å²) >= 11 is 12.7. The zero-order chi connectivity index (χ0) is 15.9. The molecule has 3 nitrogen and oxygen atoms in total. The van der Waals surface area contributed by atoms with Crippen LogP contribution < -0.4 is 5.32 Å². The molecular formula is C16H21ClN2OS2. The maximum absolute atomic E-state index is 12.1. The number of likely N-dealkylation sites (tertiary alicyclic amines) is 1. The summed E-state index contributed by atoms with van der Waals surface area (Å²) in [7, 11) is 0. The summed E-state index contributed by atoms with van der Waals surface area (Å²) in [5.74, 6) is 0.396. The van der Waals surface area contributed by atoms with E-state index in [2.05, 4.69) is 17.1 Å². The van der Waals surface area contributed by atoms with Crippen LogP contribution in [0.4, 0.5) is 0 Å². The topological polar surface area (TPSA) is 32.3 Å². The van der Waals surface area contributed by atoms with Crippen LogP contribution in [0.25, 0.3) is 0 Å². The summed E-state index contributed by atoms with van der Waals surface area (Å²) in [6, 6.07) is 7.63. The van der Waals surface area contributed by atoms with Gasteiger partial charge in [0.1, 0.15) is 4.32 Å². The van der Waals surface area contributed by atoms with Crippen LogP contribution in [0.15, 0.2) is 24.3 Å². The van der Waals surface area contributed by atoms with E-state index in [1.54, 1.807) is 0 Å². The predicted octanol–water partition coefficient (Wildman–Crippen LogP) is 4.02. The second kappa shape index (κ2) is 8.75. The lowest BCUT2D eigenvalue weighted by molar-refractivity contribution is -0.119. The summed E-state index contributed by atoms with van der Waals surface area (Å²) in [6.45, 7) is 4.10. The van der Waals surface area contributed by atoms with Gasteiger partial charge >= 0.3 is 0 Å². The van der Waals surface area contributed by atoms with Crippen molar-refractivity contribution in [2.45, 2.75) is 32.2 Å². The highest BCUT2D eigenvalue weighted by atomic mass is 35.5. The van der Waals surface area contributed by atoms with Gasteiger partial charge in [-0.2, -0.15) is 0 Å². The number of hydrogen-bond donors (Lipinski definition) is 1. The molecule has 1 atom stereocenters. The van der Waals surface area contributed by atoms with E-state index in [0.717, 1.165) is 29.4 Å². The molecule has 0 aliphatic carbocycles. The van der Waals surface area contributed by atoms with Crippen LogP contribution in [0.5, 0.6) is 0 Å². The Labute approximate surface area is 146 Å². The molecule has 2 rings (SSSR count). The summed E-state index contributed by atoms with van der Waals surface area (Å²) in [5.41, 5.74) is 1.08. The average molecular weight is 357 g/mol. The van der Waals surface area contributed by atoms with Crippen LogP contribution in [0, 0.1) is 0 Å². The Morgan fingerprint density at radius 2 is 2.00 bits per heavy atom. The number of halogens is 1. The van der Waals surface area contributed by atoms with Crippen LogP contribution in [0.2, 0.25) is 5.02 Å². The number of amides is 1. The van der Waals surface area contributed by atoms with E-state index in [1.807, 2.05) is 24.3 Å². The number of thiocarbonyl (C=S) groups is 1. The van der Waals surface area contributed by atoms with E-state index in [4.69, 9.17) is 23.8 Å². The molecule has 1 saturated heterocycles. The van der Waals surface area contributed by atoms with Crippen LogP contribution in [-0.2, 0) is 4.79 Å². The summed E-state index contributed by atoms with van der Waals surface area (Å²) < 4.78 is 0.840. The first-order chi connectivity index (χ1) is 10.6. The molecule has 1 unspecified atom stereocenters. The Hall–Kier alpha value is -0.780. The van der Waals surface area contributed by atoms with Gasteiger partial charge in [0.2, 0.25) is 5.91 Å². The number of nitrogens with one attached hydrogen (secondary N) is 1. The average Bonchev–Trinajstić information content (AvgIpc) is 3.05. The lowest BCUT2D eigenvalue weighted by Gasteiger charge is -2.19. The Morgan fingerprint density at radius 3 is 2.59 bits per heavy atom. The van der Waals surface area contributed by atoms with Gasteiger partial charge in [0, 0.05) is 18.1 Å². The van der Waals surface area contributed by atoms with Crippen molar-refractivity contribution in [2.75, 3.05) is 18.8 Å². The SMILES string of the molecule is CCC(NC(=O)CSC(=S)N1CCCC1)c1ccc(Cl)cc1. The number of carbonyl (C=O) groups excluding carboxylic acids is 1. The number of nitrogens with zero attached hydrogens (tertiary/aromatic N) is 1. The number of hydrogen-bond acceptors (Lipinski definition) is 3. The molecule has 1 heterocycles. The van der Waals surface area contributed by atoms with Crippen molar-refractivity contribution in [3.8, 4) is 0 Å². The molecule has 22 heavy (non-hydrogen) atoms. The van der Waals surface area contributed by atoms with Gasteiger partial charge in [0.05, 0.1) is 11.8 Å². The molecule has 1 aliphatic rings. The van der Waals surface area contributed by atoms with Crippen molar-refractivity contribution >= 4 is 45.8 Å². The van der Waals surface area contributed by atoms with Crippen LogP contribution >= 0.6 is 35.6 Å². The fourth-order valence-corrected chi connectivity index (χ4v) is 3.66. The van der Waals surface area contributed by atoms with Gasteiger partial charge in [0.25, 0.3) is 0 Å². The normalized spacial score (nSPS) is 15.6. The third kappa shape index (κ3) is 5.14. The van der Waals surface area contributed by atoms with Crippen molar-refractivity contribution in [2.24, 2.45) is 0 Å². The molecule has 0 radical (unpaired) electrons. The minimum Gasteiger partial charge on any atom is -0.358 e. The fourth-order valence-electron chi connectivity index (χ4n) is 2.47. The number of rotatable bonds is 5. The van der Waals surface area contributed by atoms with Gasteiger partial charge < -0.3 is 10.2 Å². The first kappa shape index (κ1) is 17.6. The van der Waals surface area contributed by atoms with Crippen molar-refractivity contribution < 1.29 is 4.79 Å². The smallest absolute Gasteiger partial charge is 0.230 e. The second-order valence-electron chi connectivity index (χ2n) is 5.33. The molecule has 1 fully saturated rings. The highest BCUT2D eigenvalue weighted by molar-refractivity contribution is 8.23. The van der Waals surface area contributed by atoms with Gasteiger partial charge in [-0.05, 0) is 37.0 Å². The second-order valence-corrected chi connectivity index (χ2v) is 7.37. The lowest BCUT2D eigenvalue weighted by atomic mass is 10.0. The molecule has 0 spiro atoms. The first-order valence-corrected chi connectivity index (χ1v) is 9.34. The maximum Gasteiger partial charge on any atom is 0.230 e. The third-order valence-electron chi connectivity index (χ3n) is 3.71. The zero-order valence-electron chi connectivity index (χ0n) is 12.7. The number of carbonyl (C=O) groups is 1. The standard InChI is InChI=1S/C16H21ClN2OS2/c1-2-14(12-5-7-13(17)8-6-12)18-15(20)11-22-16(21)19-9-3-4-10-19/h5-8,14H,2-4,9-11H2,1H3,(H,18,20). The van der Waals surface area contributed by atoms with Gasteiger partial charge in [-0.3, -0.25) is 4.79 Å². The van der Waals surface area contributed by atoms with Gasteiger partial charge in [-0.15, -0.1) is 0 Å². The Balaban J connectivity index is 1.81. The van der Waals surface area contributed by atoms with E-state index < -0.39 is 0 Å². The van der Waals surface area contributed by atoms with Crippen molar-refractivity contribution in [3.05, 3.63) is 34.9 Å². The molecule has 1 aromatic carbocycles. The van der Waals surface area contributed by atoms with Gasteiger partial charge in [-0.25, -0.2) is 0 Å². The van der Waals surface area contributed by atoms with Crippen LogP contribution in [-0.4, -0.2) is 34.0 Å². The van der Waals surface area contributed by atoms with Crippen molar-refractivity contribution in [1.29, 1.82) is 0 Å². The quantitative estimate of drug-likeness (QED) is 0.807. The molecule has 0 saturated carbocycles. The molecule has 1 N–H and O–H groups in total. The Kier molecular flexibility index (Phi) is 6.99. The molecule has 0 bridgehead atoms. The van der Waals surface area contributed by atoms with Gasteiger partial charge in [0.15, 0.2) is 0 Å². The highest BCUT2D eigenvalue weighted by Gasteiger charge is 2.17. The van der Waals surface area contributed by atoms with Crippen LogP contribution in [0.3, 0.4) is 0 Å². The third-order valence-corrected chi connectivity index (χ3v) is 5.48. The minimum absolute atomic E-state index is 0.0192. The zero-order valence-corrected chi connectivity index (χ0v) is 15.1. The summed E-state index contributed by atoms with van der Waals surface area (Å²) in [5, 5.41) is 3.77. The first-order valence-electron chi connectivity index (χ1n) is 7.56. The molecular weight excluding hydrogens is 336 g/mol. The number of thioether (sulfide) groups is 1. The summed E-state index contributed by atoms with van der Waals surface area (Å²) in [6.07, 6.45) is 3.23. The predicted molar refractivity (Wildman–Crippen MR) is 98.5 cm³/mol. The molecule has 1 amide bonds. The molecule has 0 aromatic heterocycles. The largest absolute Gasteiger partial charge is 0.358 e. The summed E-state index contributed by atoms with van der Waals surface area (Å²) in [4.78, 5) is 14.3. The number of benzene rings is 1. The van der Waals surface area contributed by atoms with Crippen molar-refractivity contribution in [1.82, 2.24) is 10.2 Å². The fraction of sp³-hybridized carbons (Fsp3) is 0.500. The lowest BCUT2D eigenvalue weighted by Crippen LogP contribution is -2.31. The minimum atomic E-state index is 0.0192. The highest BCUT2D eigenvalue weighted by Crippen LogP contribution is 2.20. The molecule has 1 aromatic rings. The molecule has 120 valence electrons. The van der Waals surface area contributed by atoms with E-state index in [0.29, 0.717) is 10.8 Å². The van der Waals surface area contributed by atoms with E-state index in [-0.39, 0.29) is 11.9 Å². The molecule has 6 heteroatoms. The van der Waals surface area contributed by atoms with Crippen LogP contribution in [0.1, 0.15) is 37.8 Å².